The summed E-state index contributed by atoms with van der Waals surface area (Å²) in [6, 6.07) is -0.338. The van der Waals surface area contributed by atoms with Gasteiger partial charge in [-0.3, -0.25) is 4.79 Å². The number of H-pyrrole nitrogens is 1. The summed E-state index contributed by atoms with van der Waals surface area (Å²) < 4.78 is 5.34. The number of carbonyl (C=O) groups excluding carboxylic acids is 1. The maximum absolute atomic E-state index is 12.1. The highest BCUT2D eigenvalue weighted by Gasteiger charge is 2.32. The fourth-order valence-corrected chi connectivity index (χ4v) is 1.83. The first-order chi connectivity index (χ1) is 8.58. The standard InChI is InChI=1S/C10H18N6O2/c1-6(2)12-8(17)7-5-18-4-3-16(7)10-13-9(11)14-15-10/h6-7H,3-5H2,1-2H3,(H,12,17)(H3,11,13,14,15). The molecule has 1 atom stereocenters. The minimum Gasteiger partial charge on any atom is -0.377 e. The Morgan fingerprint density at radius 3 is 3.06 bits per heavy atom. The number of morpholine rings is 1. The predicted molar refractivity (Wildman–Crippen MR) is 66.0 cm³/mol. The van der Waals surface area contributed by atoms with Gasteiger partial charge in [-0.2, -0.15) is 4.98 Å². The lowest BCUT2D eigenvalue weighted by molar-refractivity contribution is -0.125. The Morgan fingerprint density at radius 2 is 2.44 bits per heavy atom. The van der Waals surface area contributed by atoms with E-state index in [2.05, 4.69) is 20.5 Å². The molecule has 0 saturated carbocycles. The molecule has 0 bridgehead atoms. The van der Waals surface area contributed by atoms with Crippen LogP contribution in [0.4, 0.5) is 11.9 Å². The molecule has 1 saturated heterocycles. The Kier molecular flexibility index (Phi) is 3.66. The molecule has 0 spiro atoms. The van der Waals surface area contributed by atoms with Gasteiger partial charge in [-0.25, -0.2) is 5.10 Å². The molecule has 0 aromatic carbocycles. The van der Waals surface area contributed by atoms with Crippen molar-refractivity contribution in [2.45, 2.75) is 25.9 Å². The number of aromatic nitrogens is 3. The molecule has 8 nitrogen and oxygen atoms in total. The number of rotatable bonds is 3. The molecule has 18 heavy (non-hydrogen) atoms. The summed E-state index contributed by atoms with van der Waals surface area (Å²) in [6.45, 7) is 5.26. The van der Waals surface area contributed by atoms with E-state index in [0.717, 1.165) is 0 Å². The zero-order chi connectivity index (χ0) is 13.1. The molecule has 1 aliphatic heterocycles. The van der Waals surface area contributed by atoms with Crippen molar-refractivity contribution in [3.05, 3.63) is 0 Å². The minimum absolute atomic E-state index is 0.0819. The van der Waals surface area contributed by atoms with Gasteiger partial charge in [0.05, 0.1) is 13.2 Å². The Hall–Kier alpha value is -1.83. The number of carbonyl (C=O) groups is 1. The first-order valence-corrected chi connectivity index (χ1v) is 5.90. The van der Waals surface area contributed by atoms with Gasteiger partial charge in [0.25, 0.3) is 0 Å². The number of ether oxygens (including phenoxy) is 1. The number of nitrogens with one attached hydrogen (secondary N) is 2. The smallest absolute Gasteiger partial charge is 0.247 e. The van der Waals surface area contributed by atoms with Crippen LogP contribution in [-0.4, -0.2) is 52.9 Å². The van der Waals surface area contributed by atoms with Gasteiger partial charge in [0.1, 0.15) is 6.04 Å². The van der Waals surface area contributed by atoms with Gasteiger partial charge >= 0.3 is 0 Å². The monoisotopic (exact) mass is 254 g/mol. The predicted octanol–water partition coefficient (Wildman–Crippen LogP) is -0.883. The zero-order valence-corrected chi connectivity index (χ0v) is 10.5. The molecule has 0 radical (unpaired) electrons. The topological polar surface area (TPSA) is 109 Å². The molecule has 1 amide bonds. The molecule has 1 fully saturated rings. The molecule has 1 aromatic rings. The lowest BCUT2D eigenvalue weighted by atomic mass is 10.2. The van der Waals surface area contributed by atoms with Gasteiger partial charge < -0.3 is 20.7 Å². The number of hydrogen-bond donors (Lipinski definition) is 3. The molecular weight excluding hydrogens is 236 g/mol. The van der Waals surface area contributed by atoms with Gasteiger partial charge in [0.15, 0.2) is 0 Å². The van der Waals surface area contributed by atoms with E-state index in [0.29, 0.717) is 25.7 Å². The van der Waals surface area contributed by atoms with E-state index >= 15 is 0 Å². The molecule has 0 aliphatic carbocycles. The number of nitrogens with two attached hydrogens (primary N) is 1. The molecule has 100 valence electrons. The third-order valence-corrected chi connectivity index (χ3v) is 2.61. The summed E-state index contributed by atoms with van der Waals surface area (Å²) in [4.78, 5) is 17.9. The van der Waals surface area contributed by atoms with Crippen molar-refractivity contribution in [1.29, 1.82) is 0 Å². The van der Waals surface area contributed by atoms with Gasteiger partial charge in [-0.05, 0) is 13.8 Å². The van der Waals surface area contributed by atoms with Gasteiger partial charge in [-0.15, -0.1) is 5.10 Å². The summed E-state index contributed by atoms with van der Waals surface area (Å²) in [6.07, 6.45) is 0. The Labute approximate surface area is 105 Å². The Morgan fingerprint density at radius 1 is 1.67 bits per heavy atom. The van der Waals surface area contributed by atoms with Crippen LogP contribution in [0, 0.1) is 0 Å². The largest absolute Gasteiger partial charge is 0.377 e. The van der Waals surface area contributed by atoms with Crippen molar-refractivity contribution in [3.8, 4) is 0 Å². The molecule has 8 heteroatoms. The summed E-state index contributed by atoms with van der Waals surface area (Å²) in [7, 11) is 0. The van der Waals surface area contributed by atoms with E-state index in [9.17, 15) is 4.79 Å². The van der Waals surface area contributed by atoms with Crippen LogP contribution in [0.15, 0.2) is 0 Å². The van der Waals surface area contributed by atoms with Crippen LogP contribution in [-0.2, 0) is 9.53 Å². The maximum Gasteiger partial charge on any atom is 0.247 e. The van der Waals surface area contributed by atoms with Crippen molar-refractivity contribution in [1.82, 2.24) is 20.5 Å². The van der Waals surface area contributed by atoms with Crippen LogP contribution in [0.2, 0.25) is 0 Å². The van der Waals surface area contributed by atoms with E-state index in [1.165, 1.54) is 0 Å². The summed E-state index contributed by atoms with van der Waals surface area (Å²) in [5.74, 6) is 0.576. The van der Waals surface area contributed by atoms with Crippen molar-refractivity contribution < 1.29 is 9.53 Å². The van der Waals surface area contributed by atoms with E-state index < -0.39 is 6.04 Å². The number of nitrogen functional groups attached to an aromatic ring is 1. The number of anilines is 2. The average Bonchev–Trinajstić information content (AvgIpc) is 2.75. The average molecular weight is 254 g/mol. The molecular formula is C10H18N6O2. The number of amides is 1. The lowest BCUT2D eigenvalue weighted by Crippen LogP contribution is -2.55. The van der Waals surface area contributed by atoms with Crippen LogP contribution in [0.25, 0.3) is 0 Å². The van der Waals surface area contributed by atoms with Crippen molar-refractivity contribution in [2.24, 2.45) is 0 Å². The number of hydrogen-bond acceptors (Lipinski definition) is 6. The Bertz CT molecular complexity index is 418. The zero-order valence-electron chi connectivity index (χ0n) is 10.5. The van der Waals surface area contributed by atoms with Crippen molar-refractivity contribution in [2.75, 3.05) is 30.4 Å². The summed E-state index contributed by atoms with van der Waals surface area (Å²) in [5, 5.41) is 9.41. The first kappa shape index (κ1) is 12.6. The molecule has 1 aromatic heterocycles. The highest BCUT2D eigenvalue weighted by molar-refractivity contribution is 5.85. The highest BCUT2D eigenvalue weighted by Crippen LogP contribution is 2.15. The van der Waals surface area contributed by atoms with Crippen molar-refractivity contribution >= 4 is 17.8 Å². The van der Waals surface area contributed by atoms with E-state index in [1.54, 1.807) is 4.90 Å². The molecule has 2 heterocycles. The summed E-state index contributed by atoms with van der Waals surface area (Å²) >= 11 is 0. The second-order valence-corrected chi connectivity index (χ2v) is 4.47. The number of aromatic amines is 1. The van der Waals surface area contributed by atoms with E-state index in [1.807, 2.05) is 13.8 Å². The van der Waals surface area contributed by atoms with Crippen LogP contribution < -0.4 is 16.0 Å². The second-order valence-electron chi connectivity index (χ2n) is 4.47. The normalized spacial score (nSPS) is 20.2. The lowest BCUT2D eigenvalue weighted by Gasteiger charge is -2.34. The fraction of sp³-hybridized carbons (Fsp3) is 0.700. The molecule has 1 unspecified atom stereocenters. The third kappa shape index (κ3) is 2.70. The Balaban J connectivity index is 2.13. The van der Waals surface area contributed by atoms with Gasteiger partial charge in [0, 0.05) is 12.6 Å². The maximum atomic E-state index is 12.1. The van der Waals surface area contributed by atoms with Crippen LogP contribution in [0.3, 0.4) is 0 Å². The molecule has 2 rings (SSSR count). The van der Waals surface area contributed by atoms with E-state index in [-0.39, 0.29) is 17.9 Å². The molecule has 4 N–H and O–H groups in total. The molecule has 1 aliphatic rings. The minimum atomic E-state index is -0.420. The fourth-order valence-electron chi connectivity index (χ4n) is 1.83. The summed E-state index contributed by atoms with van der Waals surface area (Å²) in [5.41, 5.74) is 5.50. The second kappa shape index (κ2) is 5.21. The van der Waals surface area contributed by atoms with E-state index in [4.69, 9.17) is 10.5 Å². The van der Waals surface area contributed by atoms with Crippen LogP contribution >= 0.6 is 0 Å². The van der Waals surface area contributed by atoms with Crippen LogP contribution in [0.5, 0.6) is 0 Å². The third-order valence-electron chi connectivity index (χ3n) is 2.61. The number of nitrogens with zero attached hydrogens (tertiary/aromatic N) is 3. The highest BCUT2D eigenvalue weighted by atomic mass is 16.5. The van der Waals surface area contributed by atoms with Gasteiger partial charge in [0.2, 0.25) is 17.8 Å². The quantitative estimate of drug-likeness (QED) is 0.646. The van der Waals surface area contributed by atoms with Crippen molar-refractivity contribution in [3.63, 3.8) is 0 Å². The van der Waals surface area contributed by atoms with Gasteiger partial charge in [-0.1, -0.05) is 0 Å². The first-order valence-electron chi connectivity index (χ1n) is 5.90. The van der Waals surface area contributed by atoms with Crippen LogP contribution in [0.1, 0.15) is 13.8 Å². The SMILES string of the molecule is CC(C)NC(=O)C1COCCN1c1n[nH]c(N)n1.